The average Bonchev–Trinajstić information content (AvgIpc) is 2.69. The minimum absolute atomic E-state index is 0.325. The van der Waals surface area contributed by atoms with Crippen molar-refractivity contribution >= 4 is 40.1 Å². The van der Waals surface area contributed by atoms with Crippen LogP contribution in [0.15, 0.2) is 54.6 Å². The fourth-order valence-electron chi connectivity index (χ4n) is 2.60. The number of hydrogen-bond donors (Lipinski definition) is 1. The molecule has 0 aliphatic rings. The second-order valence-electron chi connectivity index (χ2n) is 6.01. The molecule has 3 rings (SSSR count). The minimum Gasteiger partial charge on any atom is -0.492 e. The molecule has 1 N–H and O–H groups in total. The Balaban J connectivity index is 1.68. The lowest BCUT2D eigenvalue weighted by atomic mass is 10.1. The van der Waals surface area contributed by atoms with Gasteiger partial charge in [-0.2, -0.15) is 0 Å². The molecule has 0 saturated heterocycles. The molecule has 28 heavy (non-hydrogen) atoms. The highest BCUT2D eigenvalue weighted by Gasteiger charge is 2.20. The molecule has 144 valence electrons. The first-order chi connectivity index (χ1) is 13.5. The summed E-state index contributed by atoms with van der Waals surface area (Å²) in [6, 6.07) is 15.4. The van der Waals surface area contributed by atoms with Crippen LogP contribution < -0.4 is 10.1 Å². The molecule has 3 aromatic rings. The van der Waals surface area contributed by atoms with E-state index in [1.54, 1.807) is 48.5 Å². The van der Waals surface area contributed by atoms with Crippen molar-refractivity contribution in [2.24, 2.45) is 0 Å². The van der Waals surface area contributed by atoms with Gasteiger partial charge in [0.15, 0.2) is 6.10 Å². The standard InChI is InChI=1S/C21H19ClN2O4/c1-3-27-18-7-5-4-6-17(18)24-20(25)13(2)28-21(26)15-8-10-16-14(12-15)9-11-19(22)23-16/h4-13H,3H2,1-2H3,(H,24,25). The maximum Gasteiger partial charge on any atom is 0.338 e. The quantitative estimate of drug-likeness (QED) is 0.489. The number of pyridine rings is 1. The van der Waals surface area contributed by atoms with Crippen LogP contribution in [0.2, 0.25) is 5.15 Å². The Morgan fingerprint density at radius 2 is 1.93 bits per heavy atom. The van der Waals surface area contributed by atoms with Gasteiger partial charge in [0.05, 0.1) is 23.4 Å². The predicted octanol–water partition coefficient (Wildman–Crippen LogP) is 4.47. The molecule has 1 atom stereocenters. The van der Waals surface area contributed by atoms with Gasteiger partial charge in [0.2, 0.25) is 0 Å². The smallest absolute Gasteiger partial charge is 0.338 e. The Bertz CT molecular complexity index is 1020. The molecule has 0 bridgehead atoms. The van der Waals surface area contributed by atoms with E-state index in [2.05, 4.69) is 10.3 Å². The lowest BCUT2D eigenvalue weighted by Gasteiger charge is -2.15. The predicted molar refractivity (Wildman–Crippen MR) is 108 cm³/mol. The van der Waals surface area contributed by atoms with Gasteiger partial charge in [0.1, 0.15) is 10.9 Å². The zero-order valence-electron chi connectivity index (χ0n) is 15.4. The third-order valence-corrected chi connectivity index (χ3v) is 4.20. The van der Waals surface area contributed by atoms with E-state index >= 15 is 0 Å². The number of hydrogen-bond acceptors (Lipinski definition) is 5. The van der Waals surface area contributed by atoms with E-state index in [9.17, 15) is 9.59 Å². The SMILES string of the molecule is CCOc1ccccc1NC(=O)C(C)OC(=O)c1ccc2nc(Cl)ccc2c1. The van der Waals surface area contributed by atoms with Gasteiger partial charge in [-0.3, -0.25) is 4.79 Å². The van der Waals surface area contributed by atoms with Gasteiger partial charge < -0.3 is 14.8 Å². The first-order valence-corrected chi connectivity index (χ1v) is 9.15. The fraction of sp³-hybridized carbons (Fsp3) is 0.190. The van der Waals surface area contributed by atoms with Crippen molar-refractivity contribution in [1.29, 1.82) is 0 Å². The highest BCUT2D eigenvalue weighted by molar-refractivity contribution is 6.29. The molecule has 2 aromatic carbocycles. The molecule has 6 nitrogen and oxygen atoms in total. The van der Waals surface area contributed by atoms with Crippen LogP contribution in [0.3, 0.4) is 0 Å². The molecule has 0 radical (unpaired) electrons. The van der Waals surface area contributed by atoms with Gasteiger partial charge in [0, 0.05) is 5.39 Å². The van der Waals surface area contributed by atoms with Gasteiger partial charge in [-0.05, 0) is 56.3 Å². The number of carbonyl (C=O) groups excluding carboxylic acids is 2. The normalized spacial score (nSPS) is 11.7. The van der Waals surface area contributed by atoms with Crippen molar-refractivity contribution in [3.63, 3.8) is 0 Å². The molecule has 1 unspecified atom stereocenters. The second kappa shape index (κ2) is 8.71. The van der Waals surface area contributed by atoms with E-state index in [1.165, 1.54) is 6.92 Å². The molecule has 0 saturated carbocycles. The van der Waals surface area contributed by atoms with Crippen LogP contribution in [-0.4, -0.2) is 29.6 Å². The molecular formula is C21H19ClN2O4. The van der Waals surface area contributed by atoms with E-state index in [4.69, 9.17) is 21.1 Å². The van der Waals surface area contributed by atoms with Crippen molar-refractivity contribution < 1.29 is 19.1 Å². The highest BCUT2D eigenvalue weighted by atomic mass is 35.5. The maximum absolute atomic E-state index is 12.4. The second-order valence-corrected chi connectivity index (χ2v) is 6.39. The van der Waals surface area contributed by atoms with Crippen molar-refractivity contribution in [2.75, 3.05) is 11.9 Å². The van der Waals surface area contributed by atoms with E-state index in [1.807, 2.05) is 13.0 Å². The summed E-state index contributed by atoms with van der Waals surface area (Å²) < 4.78 is 10.8. The number of nitrogens with zero attached hydrogens (tertiary/aromatic N) is 1. The largest absolute Gasteiger partial charge is 0.492 e. The summed E-state index contributed by atoms with van der Waals surface area (Å²) in [6.45, 7) is 3.84. The highest BCUT2D eigenvalue weighted by Crippen LogP contribution is 2.24. The summed E-state index contributed by atoms with van der Waals surface area (Å²) in [6.07, 6.45) is -0.985. The van der Waals surface area contributed by atoms with Gasteiger partial charge in [-0.15, -0.1) is 0 Å². The van der Waals surface area contributed by atoms with Crippen LogP contribution in [0.25, 0.3) is 10.9 Å². The van der Waals surface area contributed by atoms with E-state index < -0.39 is 18.0 Å². The minimum atomic E-state index is -0.985. The average molecular weight is 399 g/mol. The van der Waals surface area contributed by atoms with Crippen molar-refractivity contribution in [3.05, 3.63) is 65.3 Å². The number of halogens is 1. The van der Waals surface area contributed by atoms with Gasteiger partial charge >= 0.3 is 5.97 Å². The molecule has 7 heteroatoms. The molecule has 0 fully saturated rings. The number of anilines is 1. The Hall–Kier alpha value is -3.12. The summed E-state index contributed by atoms with van der Waals surface area (Å²) in [5.74, 6) is -0.495. The third kappa shape index (κ3) is 4.58. The van der Waals surface area contributed by atoms with Crippen molar-refractivity contribution in [1.82, 2.24) is 4.98 Å². The lowest BCUT2D eigenvalue weighted by molar-refractivity contribution is -0.123. The number of fused-ring (bicyclic) bond motifs is 1. The summed E-state index contributed by atoms with van der Waals surface area (Å²) in [5, 5.41) is 3.85. The lowest BCUT2D eigenvalue weighted by Crippen LogP contribution is -2.30. The number of para-hydroxylation sites is 2. The molecule has 0 aliphatic heterocycles. The number of rotatable bonds is 6. The van der Waals surface area contributed by atoms with Gasteiger partial charge in [0.25, 0.3) is 5.91 Å². The molecule has 1 aromatic heterocycles. The van der Waals surface area contributed by atoms with Crippen LogP contribution in [-0.2, 0) is 9.53 Å². The Morgan fingerprint density at radius 3 is 2.71 bits per heavy atom. The summed E-state index contributed by atoms with van der Waals surface area (Å²) >= 11 is 5.87. The van der Waals surface area contributed by atoms with Gasteiger partial charge in [-0.25, -0.2) is 9.78 Å². The first-order valence-electron chi connectivity index (χ1n) is 8.78. The zero-order chi connectivity index (χ0) is 20.1. The van der Waals surface area contributed by atoms with Crippen LogP contribution in [0.1, 0.15) is 24.2 Å². The number of benzene rings is 2. The first kappa shape index (κ1) is 19.6. The number of ether oxygens (including phenoxy) is 2. The molecule has 1 heterocycles. The molecule has 1 amide bonds. The topological polar surface area (TPSA) is 77.5 Å². The molecule has 0 spiro atoms. The van der Waals surface area contributed by atoms with Crippen LogP contribution in [0, 0.1) is 0 Å². The monoisotopic (exact) mass is 398 g/mol. The van der Waals surface area contributed by atoms with Crippen molar-refractivity contribution in [2.45, 2.75) is 20.0 Å². The van der Waals surface area contributed by atoms with Crippen LogP contribution in [0.4, 0.5) is 5.69 Å². The number of carbonyl (C=O) groups is 2. The number of aromatic nitrogens is 1. The fourth-order valence-corrected chi connectivity index (χ4v) is 2.75. The van der Waals surface area contributed by atoms with Crippen molar-refractivity contribution in [3.8, 4) is 5.75 Å². The summed E-state index contributed by atoms with van der Waals surface area (Å²) in [4.78, 5) is 29.0. The molecule has 0 aliphatic carbocycles. The Kier molecular flexibility index (Phi) is 6.11. The van der Waals surface area contributed by atoms with E-state index in [0.717, 1.165) is 5.39 Å². The number of amides is 1. The van der Waals surface area contributed by atoms with Crippen LogP contribution in [0.5, 0.6) is 5.75 Å². The Morgan fingerprint density at radius 1 is 1.14 bits per heavy atom. The summed E-state index contributed by atoms with van der Waals surface area (Å²) in [7, 11) is 0. The number of esters is 1. The Labute approximate surface area is 167 Å². The van der Waals surface area contributed by atoms with E-state index in [0.29, 0.717) is 34.3 Å². The third-order valence-electron chi connectivity index (χ3n) is 3.99. The number of nitrogens with one attached hydrogen (secondary N) is 1. The van der Waals surface area contributed by atoms with Gasteiger partial charge in [-0.1, -0.05) is 23.7 Å². The molecular weight excluding hydrogens is 380 g/mol. The van der Waals surface area contributed by atoms with Crippen LogP contribution >= 0.6 is 11.6 Å². The van der Waals surface area contributed by atoms with E-state index in [-0.39, 0.29) is 0 Å². The summed E-state index contributed by atoms with van der Waals surface area (Å²) in [5.41, 5.74) is 1.51. The zero-order valence-corrected chi connectivity index (χ0v) is 16.2. The maximum atomic E-state index is 12.4.